The smallest absolute Gasteiger partial charge is 0.270 e. The number of nitrogens with zero attached hydrogens (tertiary/aromatic N) is 1. The van der Waals surface area contributed by atoms with Crippen LogP contribution < -0.4 is 10.6 Å². The highest BCUT2D eigenvalue weighted by molar-refractivity contribution is 5.85. The molecular formula is C10H14ClN3O3. The zero-order valence-electron chi connectivity index (χ0n) is 9.05. The molecule has 0 saturated carbocycles. The minimum absolute atomic E-state index is 0. The average molecular weight is 260 g/mol. The van der Waals surface area contributed by atoms with E-state index in [2.05, 4.69) is 10.6 Å². The predicted molar refractivity (Wildman–Crippen MR) is 65.6 cm³/mol. The van der Waals surface area contributed by atoms with Crippen molar-refractivity contribution in [1.82, 2.24) is 10.6 Å². The number of nitro benzene ring substituents is 1. The minimum Gasteiger partial charge on any atom is -0.508 e. The molecule has 17 heavy (non-hydrogen) atoms. The topological polar surface area (TPSA) is 87.4 Å². The first-order valence-electron chi connectivity index (χ1n) is 5.10. The fraction of sp³-hybridized carbons (Fsp3) is 0.400. The summed E-state index contributed by atoms with van der Waals surface area (Å²) >= 11 is 0. The van der Waals surface area contributed by atoms with Crippen LogP contribution in [0, 0.1) is 10.1 Å². The van der Waals surface area contributed by atoms with E-state index >= 15 is 0 Å². The summed E-state index contributed by atoms with van der Waals surface area (Å²) in [7, 11) is 0. The normalized spacial score (nSPS) is 19.4. The van der Waals surface area contributed by atoms with Crippen LogP contribution in [0.3, 0.4) is 0 Å². The highest BCUT2D eigenvalue weighted by Crippen LogP contribution is 2.28. The van der Waals surface area contributed by atoms with Gasteiger partial charge in [0.2, 0.25) is 0 Å². The van der Waals surface area contributed by atoms with Gasteiger partial charge in [0.1, 0.15) is 5.75 Å². The third kappa shape index (κ3) is 3.06. The number of hydrogen-bond acceptors (Lipinski definition) is 5. The molecule has 0 spiro atoms. The Kier molecular flexibility index (Phi) is 4.68. The zero-order valence-corrected chi connectivity index (χ0v) is 9.87. The van der Waals surface area contributed by atoms with E-state index in [1.807, 2.05) is 0 Å². The lowest BCUT2D eigenvalue weighted by atomic mass is 10.0. The molecule has 94 valence electrons. The van der Waals surface area contributed by atoms with Crippen molar-refractivity contribution >= 4 is 18.1 Å². The fourth-order valence-corrected chi connectivity index (χ4v) is 1.81. The van der Waals surface area contributed by atoms with Gasteiger partial charge in [-0.3, -0.25) is 10.1 Å². The van der Waals surface area contributed by atoms with Gasteiger partial charge >= 0.3 is 0 Å². The quantitative estimate of drug-likeness (QED) is 0.544. The molecule has 0 aliphatic carbocycles. The monoisotopic (exact) mass is 259 g/mol. The summed E-state index contributed by atoms with van der Waals surface area (Å²) in [5, 5.41) is 26.7. The highest BCUT2D eigenvalue weighted by atomic mass is 35.5. The number of rotatable bonds is 2. The molecule has 1 saturated heterocycles. The molecular weight excluding hydrogens is 246 g/mol. The van der Waals surface area contributed by atoms with Crippen molar-refractivity contribution in [3.05, 3.63) is 33.9 Å². The van der Waals surface area contributed by atoms with Crippen molar-refractivity contribution in [2.24, 2.45) is 0 Å². The van der Waals surface area contributed by atoms with Gasteiger partial charge in [0, 0.05) is 43.4 Å². The number of phenolic OH excluding ortho intramolecular Hbond substituents is 1. The Balaban J connectivity index is 0.00000144. The van der Waals surface area contributed by atoms with Crippen LogP contribution in [0.1, 0.15) is 11.6 Å². The van der Waals surface area contributed by atoms with Crippen LogP contribution in [0.15, 0.2) is 18.2 Å². The molecule has 6 nitrogen and oxygen atoms in total. The summed E-state index contributed by atoms with van der Waals surface area (Å²) in [6.45, 7) is 2.31. The maximum atomic E-state index is 10.6. The maximum Gasteiger partial charge on any atom is 0.270 e. The number of nitrogens with one attached hydrogen (secondary N) is 2. The number of aromatic hydroxyl groups is 1. The number of piperazine rings is 1. The van der Waals surface area contributed by atoms with Crippen molar-refractivity contribution in [3.63, 3.8) is 0 Å². The van der Waals surface area contributed by atoms with Crippen LogP contribution in [0.5, 0.6) is 5.75 Å². The number of nitro groups is 1. The zero-order chi connectivity index (χ0) is 11.5. The molecule has 1 aliphatic rings. The average Bonchev–Trinajstić information content (AvgIpc) is 2.30. The van der Waals surface area contributed by atoms with Crippen molar-refractivity contribution in [2.75, 3.05) is 19.6 Å². The van der Waals surface area contributed by atoms with Gasteiger partial charge < -0.3 is 15.7 Å². The lowest BCUT2D eigenvalue weighted by Crippen LogP contribution is -2.42. The van der Waals surface area contributed by atoms with Crippen molar-refractivity contribution in [3.8, 4) is 5.75 Å². The van der Waals surface area contributed by atoms with Crippen molar-refractivity contribution in [2.45, 2.75) is 6.04 Å². The molecule has 1 aromatic rings. The maximum absolute atomic E-state index is 10.6. The molecule has 0 radical (unpaired) electrons. The third-order valence-corrected chi connectivity index (χ3v) is 2.64. The van der Waals surface area contributed by atoms with E-state index in [1.54, 1.807) is 0 Å². The molecule has 0 aromatic heterocycles. The SMILES string of the molecule is Cl.O=[N+]([O-])c1ccc(O)c([C@@H]2CNCCN2)c1. The lowest BCUT2D eigenvalue weighted by Gasteiger charge is -2.25. The fourth-order valence-electron chi connectivity index (χ4n) is 1.81. The summed E-state index contributed by atoms with van der Waals surface area (Å²) < 4.78 is 0. The van der Waals surface area contributed by atoms with E-state index in [1.165, 1.54) is 18.2 Å². The first-order valence-corrected chi connectivity index (χ1v) is 5.10. The van der Waals surface area contributed by atoms with Gasteiger partial charge in [-0.25, -0.2) is 0 Å². The van der Waals surface area contributed by atoms with Crippen LogP contribution in [0.25, 0.3) is 0 Å². The number of benzene rings is 1. The van der Waals surface area contributed by atoms with Crippen LogP contribution >= 0.6 is 12.4 Å². The Hall–Kier alpha value is -1.37. The molecule has 1 aromatic carbocycles. The molecule has 2 rings (SSSR count). The summed E-state index contributed by atoms with van der Waals surface area (Å²) in [4.78, 5) is 10.2. The van der Waals surface area contributed by atoms with E-state index in [9.17, 15) is 15.2 Å². The van der Waals surface area contributed by atoms with Crippen LogP contribution in [0.4, 0.5) is 5.69 Å². The van der Waals surface area contributed by atoms with E-state index in [-0.39, 0.29) is 29.9 Å². The van der Waals surface area contributed by atoms with E-state index < -0.39 is 4.92 Å². The van der Waals surface area contributed by atoms with Gasteiger partial charge in [0.25, 0.3) is 5.69 Å². The highest BCUT2D eigenvalue weighted by Gasteiger charge is 2.20. The number of non-ortho nitro benzene ring substituents is 1. The minimum atomic E-state index is -0.459. The van der Waals surface area contributed by atoms with Crippen molar-refractivity contribution in [1.29, 1.82) is 0 Å². The summed E-state index contributed by atoms with van der Waals surface area (Å²) in [6, 6.07) is 4.01. The Morgan fingerprint density at radius 3 is 2.76 bits per heavy atom. The van der Waals surface area contributed by atoms with Gasteiger partial charge in [0.05, 0.1) is 4.92 Å². The van der Waals surface area contributed by atoms with Crippen molar-refractivity contribution < 1.29 is 10.0 Å². The second kappa shape index (κ2) is 5.81. The number of hydrogen-bond donors (Lipinski definition) is 3. The lowest BCUT2D eigenvalue weighted by molar-refractivity contribution is -0.385. The van der Waals surface area contributed by atoms with Gasteiger partial charge in [-0.15, -0.1) is 12.4 Å². The molecule has 1 fully saturated rings. The molecule has 1 atom stereocenters. The first-order chi connectivity index (χ1) is 7.68. The van der Waals surface area contributed by atoms with E-state index in [4.69, 9.17) is 0 Å². The molecule has 3 N–H and O–H groups in total. The van der Waals surface area contributed by atoms with Crippen LogP contribution in [-0.2, 0) is 0 Å². The number of phenols is 1. The Morgan fingerprint density at radius 1 is 1.41 bits per heavy atom. The summed E-state index contributed by atoms with van der Waals surface area (Å²) in [6.07, 6.45) is 0. The Morgan fingerprint density at radius 2 is 2.18 bits per heavy atom. The Labute approximate surface area is 105 Å². The van der Waals surface area contributed by atoms with E-state index in [0.29, 0.717) is 12.1 Å². The molecule has 7 heteroatoms. The third-order valence-electron chi connectivity index (χ3n) is 2.64. The van der Waals surface area contributed by atoms with Gasteiger partial charge in [-0.2, -0.15) is 0 Å². The molecule has 1 aliphatic heterocycles. The predicted octanol–water partition coefficient (Wildman–Crippen LogP) is 0.956. The molecule has 0 unspecified atom stereocenters. The Bertz CT molecular complexity index is 408. The van der Waals surface area contributed by atoms with Gasteiger partial charge in [-0.1, -0.05) is 0 Å². The van der Waals surface area contributed by atoms with Crippen LogP contribution in [0.2, 0.25) is 0 Å². The second-order valence-corrected chi connectivity index (χ2v) is 3.71. The largest absolute Gasteiger partial charge is 0.508 e. The van der Waals surface area contributed by atoms with Gasteiger partial charge in [0.15, 0.2) is 0 Å². The van der Waals surface area contributed by atoms with Crippen LogP contribution in [-0.4, -0.2) is 29.7 Å². The molecule has 1 heterocycles. The van der Waals surface area contributed by atoms with E-state index in [0.717, 1.165) is 13.1 Å². The number of halogens is 1. The first kappa shape index (κ1) is 13.7. The molecule has 0 bridgehead atoms. The van der Waals surface area contributed by atoms with Gasteiger partial charge in [-0.05, 0) is 6.07 Å². The second-order valence-electron chi connectivity index (χ2n) is 3.71. The summed E-state index contributed by atoms with van der Waals surface area (Å²) in [5.41, 5.74) is 0.571. The standard InChI is InChI=1S/C10H13N3O3.ClH/c14-10-2-1-7(13(15)16)5-8(10)9-6-11-3-4-12-9;/h1-2,5,9,11-12,14H,3-4,6H2;1H/t9-;/m0./s1. The molecule has 0 amide bonds. The summed E-state index contributed by atoms with van der Waals surface area (Å²) in [5.74, 6) is 0.0896.